The molecular weight excluding hydrogens is 226 g/mol. The number of rotatable bonds is 0. The van der Waals surface area contributed by atoms with Crippen molar-refractivity contribution >= 4 is 45.6 Å². The maximum absolute atomic E-state index is 5.98. The third-order valence-electron chi connectivity index (χ3n) is 1.76. The van der Waals surface area contributed by atoms with Gasteiger partial charge in [-0.05, 0) is 17.5 Å². The lowest BCUT2D eigenvalue weighted by Gasteiger charge is -2.02. The summed E-state index contributed by atoms with van der Waals surface area (Å²) in [6.07, 6.45) is 0. The van der Waals surface area contributed by atoms with Gasteiger partial charge >= 0.3 is 0 Å². The van der Waals surface area contributed by atoms with Crippen molar-refractivity contribution in [3.63, 3.8) is 0 Å². The zero-order valence-corrected chi connectivity index (χ0v) is 8.71. The molecule has 0 unspecified atom stereocenters. The van der Waals surface area contributed by atoms with E-state index in [4.69, 9.17) is 34.8 Å². The molecule has 2 aromatic carbocycles. The zero-order chi connectivity index (χ0) is 9.42. The zero-order valence-electron chi connectivity index (χ0n) is 6.44. The molecule has 0 N–H and O–H groups in total. The average Bonchev–Trinajstić information content (AvgIpc) is 2.02. The molecule has 0 nitrogen and oxygen atoms in total. The van der Waals surface area contributed by atoms with Gasteiger partial charge < -0.3 is 0 Å². The van der Waals surface area contributed by atoms with Crippen LogP contribution < -0.4 is 0 Å². The molecule has 2 aromatic rings. The van der Waals surface area contributed by atoms with Crippen molar-refractivity contribution in [2.24, 2.45) is 0 Å². The minimum atomic E-state index is 0.500. The fraction of sp³-hybridized carbons (Fsp3) is 0. The second kappa shape index (κ2) is 3.38. The van der Waals surface area contributed by atoms with E-state index in [1.54, 1.807) is 12.1 Å². The summed E-state index contributed by atoms with van der Waals surface area (Å²) >= 11 is 17.7. The molecule has 0 aliphatic heterocycles. The predicted octanol–water partition coefficient (Wildman–Crippen LogP) is 4.60. The van der Waals surface area contributed by atoms with Crippen molar-refractivity contribution in [2.75, 3.05) is 0 Å². The Morgan fingerprint density at radius 2 is 1.77 bits per heavy atom. The van der Waals surface area contributed by atoms with E-state index in [1.807, 2.05) is 12.1 Å². The summed E-state index contributed by atoms with van der Waals surface area (Å²) in [5.74, 6) is 0. The smallest absolute Gasteiger partial charge is 0.0514 e. The van der Waals surface area contributed by atoms with Gasteiger partial charge in [-0.15, -0.1) is 0 Å². The summed E-state index contributed by atoms with van der Waals surface area (Å²) in [6, 6.07) is 10.1. The molecule has 0 aliphatic rings. The normalized spacial score (nSPS) is 10.7. The molecule has 0 amide bonds. The Labute approximate surface area is 91.0 Å². The molecule has 0 atom stereocenters. The first-order chi connectivity index (χ1) is 6.18. The Morgan fingerprint density at radius 3 is 2.54 bits per heavy atom. The van der Waals surface area contributed by atoms with Crippen LogP contribution in [0.15, 0.2) is 24.3 Å². The lowest BCUT2D eigenvalue weighted by atomic mass is 10.1. The topological polar surface area (TPSA) is 0 Å². The molecule has 0 aliphatic carbocycles. The molecule has 13 heavy (non-hydrogen) atoms. The lowest BCUT2D eigenvalue weighted by molar-refractivity contribution is 1.73. The van der Waals surface area contributed by atoms with Gasteiger partial charge in [0.25, 0.3) is 0 Å². The van der Waals surface area contributed by atoms with Crippen LogP contribution in [0.2, 0.25) is 15.1 Å². The van der Waals surface area contributed by atoms with E-state index in [1.165, 1.54) is 0 Å². The minimum Gasteiger partial charge on any atom is -0.0836 e. The predicted molar refractivity (Wildman–Crippen MR) is 57.8 cm³/mol. The van der Waals surface area contributed by atoms with Gasteiger partial charge in [0.1, 0.15) is 0 Å². The fourth-order valence-electron chi connectivity index (χ4n) is 1.22. The summed E-state index contributed by atoms with van der Waals surface area (Å²) in [4.78, 5) is 0. The van der Waals surface area contributed by atoms with Crippen LogP contribution in [0.5, 0.6) is 0 Å². The van der Waals surface area contributed by atoms with Gasteiger partial charge in [0.15, 0.2) is 0 Å². The van der Waals surface area contributed by atoms with Crippen LogP contribution in [-0.4, -0.2) is 0 Å². The molecule has 2 rings (SSSR count). The third kappa shape index (κ3) is 1.62. The van der Waals surface area contributed by atoms with E-state index in [0.717, 1.165) is 10.8 Å². The maximum Gasteiger partial charge on any atom is 0.0514 e. The van der Waals surface area contributed by atoms with E-state index in [9.17, 15) is 0 Å². The van der Waals surface area contributed by atoms with E-state index in [2.05, 4.69) is 6.07 Å². The Bertz CT molecular complexity index is 463. The van der Waals surface area contributed by atoms with Crippen LogP contribution in [0, 0.1) is 6.07 Å². The van der Waals surface area contributed by atoms with Crippen molar-refractivity contribution in [3.05, 3.63) is 45.4 Å². The van der Waals surface area contributed by atoms with Crippen LogP contribution in [0.1, 0.15) is 0 Å². The largest absolute Gasteiger partial charge is 0.0836 e. The molecule has 0 heterocycles. The summed E-state index contributed by atoms with van der Waals surface area (Å²) in [5.41, 5.74) is 0. The second-order valence-electron chi connectivity index (χ2n) is 2.63. The first-order valence-corrected chi connectivity index (χ1v) is 4.77. The quantitative estimate of drug-likeness (QED) is 0.620. The highest BCUT2D eigenvalue weighted by atomic mass is 35.5. The lowest BCUT2D eigenvalue weighted by Crippen LogP contribution is -1.77. The molecule has 0 bridgehead atoms. The molecule has 0 saturated carbocycles. The van der Waals surface area contributed by atoms with Crippen molar-refractivity contribution in [2.45, 2.75) is 0 Å². The van der Waals surface area contributed by atoms with Crippen LogP contribution in [0.25, 0.3) is 10.8 Å². The SMILES string of the molecule is Clc1[c]c2cccc(Cl)c2c(Cl)c1. The van der Waals surface area contributed by atoms with Gasteiger partial charge in [0.2, 0.25) is 0 Å². The molecular formula is C10H4Cl3. The number of benzene rings is 2. The Hall–Kier alpha value is -0.430. The van der Waals surface area contributed by atoms with Crippen LogP contribution in [0.3, 0.4) is 0 Å². The fourth-order valence-corrected chi connectivity index (χ4v) is 2.12. The summed E-state index contributed by atoms with van der Waals surface area (Å²) < 4.78 is 0. The van der Waals surface area contributed by atoms with Gasteiger partial charge in [-0.2, -0.15) is 0 Å². The summed E-state index contributed by atoms with van der Waals surface area (Å²) in [7, 11) is 0. The van der Waals surface area contributed by atoms with Crippen molar-refractivity contribution in [1.82, 2.24) is 0 Å². The van der Waals surface area contributed by atoms with Gasteiger partial charge in [-0.25, -0.2) is 0 Å². The van der Waals surface area contributed by atoms with Crippen molar-refractivity contribution < 1.29 is 0 Å². The molecule has 0 fully saturated rings. The minimum absolute atomic E-state index is 0.500. The monoisotopic (exact) mass is 229 g/mol. The van der Waals surface area contributed by atoms with Crippen molar-refractivity contribution in [3.8, 4) is 0 Å². The highest BCUT2D eigenvalue weighted by molar-refractivity contribution is 6.43. The molecule has 3 heteroatoms. The van der Waals surface area contributed by atoms with E-state index in [-0.39, 0.29) is 0 Å². The second-order valence-corrected chi connectivity index (χ2v) is 3.85. The van der Waals surface area contributed by atoms with Crippen LogP contribution in [0.4, 0.5) is 0 Å². The van der Waals surface area contributed by atoms with E-state index < -0.39 is 0 Å². The standard InChI is InChI=1S/C10H4Cl3/c11-7-4-6-2-1-3-8(12)10(6)9(13)5-7/h1-3,5H. The third-order valence-corrected chi connectivity index (χ3v) is 2.58. The van der Waals surface area contributed by atoms with Crippen molar-refractivity contribution in [1.29, 1.82) is 0 Å². The van der Waals surface area contributed by atoms with Gasteiger partial charge in [-0.1, -0.05) is 46.9 Å². The Kier molecular flexibility index (Phi) is 2.37. The number of halogens is 3. The molecule has 0 spiro atoms. The first-order valence-electron chi connectivity index (χ1n) is 3.64. The molecule has 65 valence electrons. The maximum atomic E-state index is 5.98. The first kappa shape index (κ1) is 9.14. The number of fused-ring (bicyclic) bond motifs is 1. The summed E-state index contributed by atoms with van der Waals surface area (Å²) in [6.45, 7) is 0. The molecule has 0 saturated heterocycles. The van der Waals surface area contributed by atoms with Gasteiger partial charge in [-0.3, -0.25) is 0 Å². The van der Waals surface area contributed by atoms with E-state index in [0.29, 0.717) is 15.1 Å². The number of hydrogen-bond acceptors (Lipinski definition) is 0. The summed E-state index contributed by atoms with van der Waals surface area (Å²) in [5, 5.41) is 3.32. The van der Waals surface area contributed by atoms with Gasteiger partial charge in [0, 0.05) is 16.5 Å². The molecule has 0 aromatic heterocycles. The average molecular weight is 231 g/mol. The Balaban J connectivity index is 2.94. The van der Waals surface area contributed by atoms with E-state index >= 15 is 0 Å². The molecule has 1 radical (unpaired) electrons. The van der Waals surface area contributed by atoms with Gasteiger partial charge in [0.05, 0.1) is 10.0 Å². The highest BCUT2D eigenvalue weighted by Crippen LogP contribution is 2.32. The van der Waals surface area contributed by atoms with Crippen LogP contribution in [-0.2, 0) is 0 Å². The Morgan fingerprint density at radius 1 is 1.00 bits per heavy atom. The van der Waals surface area contributed by atoms with Crippen LogP contribution >= 0.6 is 34.8 Å². The number of hydrogen-bond donors (Lipinski definition) is 0. The highest BCUT2D eigenvalue weighted by Gasteiger charge is 2.04.